The number of hydrogen-bond donors (Lipinski definition) is 2. The Bertz CT molecular complexity index is 551. The quantitative estimate of drug-likeness (QED) is 0.849. The lowest BCUT2D eigenvalue weighted by Gasteiger charge is -2.11. The van der Waals surface area contributed by atoms with Crippen molar-refractivity contribution >= 4 is 16.7 Å². The summed E-state index contributed by atoms with van der Waals surface area (Å²) in [5, 5.41) is 14.3. The predicted octanol–water partition coefficient (Wildman–Crippen LogP) is 2.79. The Morgan fingerprint density at radius 2 is 1.94 bits per heavy atom. The minimum absolute atomic E-state index is 0.0195. The van der Waals surface area contributed by atoms with Gasteiger partial charge in [-0.3, -0.25) is 4.79 Å². The van der Waals surface area contributed by atoms with Crippen molar-refractivity contribution in [1.82, 2.24) is 5.32 Å². The number of aliphatic carboxylic acids is 1. The van der Waals surface area contributed by atoms with E-state index in [4.69, 9.17) is 5.11 Å². The average Bonchev–Trinajstić information content (AvgIpc) is 2.35. The largest absolute Gasteiger partial charge is 0.481 e. The number of carbonyl (C=O) groups is 1. The van der Waals surface area contributed by atoms with Crippen molar-refractivity contribution in [3.63, 3.8) is 0 Å². The van der Waals surface area contributed by atoms with Gasteiger partial charge in [0.05, 0.1) is 6.42 Å². The van der Waals surface area contributed by atoms with Gasteiger partial charge in [-0.15, -0.1) is 0 Å². The molecule has 3 nitrogen and oxygen atoms in total. The van der Waals surface area contributed by atoms with Crippen molar-refractivity contribution in [2.75, 3.05) is 0 Å². The molecule has 0 aliphatic rings. The fraction of sp³-hybridized carbons (Fsp3) is 0.267. The Labute approximate surface area is 106 Å². The maximum absolute atomic E-state index is 10.6. The van der Waals surface area contributed by atoms with Crippen LogP contribution in [0.3, 0.4) is 0 Å². The molecule has 0 aromatic heterocycles. The molecular formula is C15H17NO2. The van der Waals surface area contributed by atoms with E-state index in [-0.39, 0.29) is 12.5 Å². The van der Waals surface area contributed by atoms with E-state index in [9.17, 15) is 4.79 Å². The van der Waals surface area contributed by atoms with E-state index in [0.29, 0.717) is 6.54 Å². The Kier molecular flexibility index (Phi) is 3.95. The Morgan fingerprint density at radius 1 is 1.22 bits per heavy atom. The van der Waals surface area contributed by atoms with Crippen molar-refractivity contribution < 1.29 is 9.90 Å². The second-order valence-corrected chi connectivity index (χ2v) is 4.56. The van der Waals surface area contributed by atoms with Gasteiger partial charge in [0.1, 0.15) is 0 Å². The summed E-state index contributed by atoms with van der Waals surface area (Å²) in [6, 6.07) is 14.5. The summed E-state index contributed by atoms with van der Waals surface area (Å²) in [5.41, 5.74) is 1.17. The van der Waals surface area contributed by atoms with Gasteiger partial charge < -0.3 is 10.4 Å². The van der Waals surface area contributed by atoms with E-state index in [2.05, 4.69) is 35.6 Å². The number of nitrogens with one attached hydrogen (secondary N) is 1. The van der Waals surface area contributed by atoms with Gasteiger partial charge >= 0.3 is 5.97 Å². The SMILES string of the molecule is CC(CC(=O)O)NCc1ccc2ccccc2c1. The molecule has 2 N–H and O–H groups in total. The number of hydrogen-bond acceptors (Lipinski definition) is 2. The summed E-state index contributed by atoms with van der Waals surface area (Å²) in [6.07, 6.45) is 0.146. The molecule has 2 aromatic rings. The van der Waals surface area contributed by atoms with Crippen molar-refractivity contribution in [2.24, 2.45) is 0 Å². The van der Waals surface area contributed by atoms with Crippen molar-refractivity contribution in [1.29, 1.82) is 0 Å². The van der Waals surface area contributed by atoms with E-state index >= 15 is 0 Å². The fourth-order valence-corrected chi connectivity index (χ4v) is 1.97. The van der Waals surface area contributed by atoms with Gasteiger partial charge in [-0.25, -0.2) is 0 Å². The number of benzene rings is 2. The van der Waals surface area contributed by atoms with Crippen LogP contribution in [0.2, 0.25) is 0 Å². The van der Waals surface area contributed by atoms with Crippen molar-refractivity contribution in [2.45, 2.75) is 25.9 Å². The first-order chi connectivity index (χ1) is 8.65. The zero-order chi connectivity index (χ0) is 13.0. The molecule has 0 saturated carbocycles. The molecule has 1 atom stereocenters. The van der Waals surface area contributed by atoms with Crippen LogP contribution >= 0.6 is 0 Å². The summed E-state index contributed by atoms with van der Waals surface area (Å²) < 4.78 is 0. The fourth-order valence-electron chi connectivity index (χ4n) is 1.97. The predicted molar refractivity (Wildman–Crippen MR) is 72.5 cm³/mol. The highest BCUT2D eigenvalue weighted by atomic mass is 16.4. The molecule has 0 amide bonds. The van der Waals surface area contributed by atoms with E-state index in [1.165, 1.54) is 16.3 Å². The van der Waals surface area contributed by atoms with E-state index in [0.717, 1.165) is 0 Å². The van der Waals surface area contributed by atoms with E-state index in [1.807, 2.05) is 19.1 Å². The van der Waals surface area contributed by atoms with Crippen LogP contribution in [0.4, 0.5) is 0 Å². The molecule has 2 rings (SSSR count). The third kappa shape index (κ3) is 3.31. The van der Waals surface area contributed by atoms with Crippen LogP contribution in [0.25, 0.3) is 10.8 Å². The molecule has 1 unspecified atom stereocenters. The first-order valence-electron chi connectivity index (χ1n) is 6.08. The second-order valence-electron chi connectivity index (χ2n) is 4.56. The van der Waals surface area contributed by atoms with Crippen molar-refractivity contribution in [3.8, 4) is 0 Å². The highest BCUT2D eigenvalue weighted by Gasteiger charge is 2.06. The number of rotatable bonds is 5. The molecule has 0 heterocycles. The Balaban J connectivity index is 2.01. The van der Waals surface area contributed by atoms with Gasteiger partial charge in [-0.1, -0.05) is 36.4 Å². The molecule has 2 aromatic carbocycles. The minimum atomic E-state index is -0.770. The van der Waals surface area contributed by atoms with Crippen LogP contribution in [-0.4, -0.2) is 17.1 Å². The average molecular weight is 243 g/mol. The zero-order valence-electron chi connectivity index (χ0n) is 10.4. The molecule has 18 heavy (non-hydrogen) atoms. The lowest BCUT2D eigenvalue weighted by Crippen LogP contribution is -2.27. The van der Waals surface area contributed by atoms with Crippen LogP contribution < -0.4 is 5.32 Å². The van der Waals surface area contributed by atoms with E-state index in [1.54, 1.807) is 0 Å². The standard InChI is InChI=1S/C15H17NO2/c1-11(8-15(17)18)16-10-12-6-7-13-4-2-3-5-14(13)9-12/h2-7,9,11,16H,8,10H2,1H3,(H,17,18). The Morgan fingerprint density at radius 3 is 2.67 bits per heavy atom. The third-order valence-corrected chi connectivity index (χ3v) is 2.95. The lowest BCUT2D eigenvalue weighted by molar-refractivity contribution is -0.137. The molecule has 0 bridgehead atoms. The number of carboxylic acids is 1. The first kappa shape index (κ1) is 12.6. The zero-order valence-corrected chi connectivity index (χ0v) is 10.4. The number of carboxylic acid groups (broad SMARTS) is 1. The van der Waals surface area contributed by atoms with Gasteiger partial charge in [0, 0.05) is 12.6 Å². The second kappa shape index (κ2) is 5.65. The molecule has 0 aliphatic heterocycles. The molecule has 0 saturated heterocycles. The summed E-state index contributed by atoms with van der Waals surface area (Å²) in [5.74, 6) is -0.770. The number of fused-ring (bicyclic) bond motifs is 1. The highest BCUT2D eigenvalue weighted by molar-refractivity contribution is 5.82. The molecule has 3 heteroatoms. The van der Waals surface area contributed by atoms with Crippen LogP contribution in [0.5, 0.6) is 0 Å². The van der Waals surface area contributed by atoms with Gasteiger partial charge in [0.25, 0.3) is 0 Å². The van der Waals surface area contributed by atoms with E-state index < -0.39 is 5.97 Å². The lowest BCUT2D eigenvalue weighted by atomic mass is 10.1. The molecule has 0 spiro atoms. The highest BCUT2D eigenvalue weighted by Crippen LogP contribution is 2.15. The maximum Gasteiger partial charge on any atom is 0.304 e. The van der Waals surface area contributed by atoms with Crippen molar-refractivity contribution in [3.05, 3.63) is 48.0 Å². The minimum Gasteiger partial charge on any atom is -0.481 e. The molecule has 0 fully saturated rings. The Hall–Kier alpha value is -1.87. The topological polar surface area (TPSA) is 49.3 Å². The van der Waals surface area contributed by atoms with Crippen LogP contribution in [0.15, 0.2) is 42.5 Å². The summed E-state index contributed by atoms with van der Waals surface area (Å²) in [7, 11) is 0. The van der Waals surface area contributed by atoms with Gasteiger partial charge in [0.2, 0.25) is 0 Å². The normalized spacial score (nSPS) is 12.5. The van der Waals surface area contributed by atoms with Gasteiger partial charge in [-0.2, -0.15) is 0 Å². The first-order valence-corrected chi connectivity index (χ1v) is 6.08. The van der Waals surface area contributed by atoms with Crippen LogP contribution in [-0.2, 0) is 11.3 Å². The molecule has 0 aliphatic carbocycles. The van der Waals surface area contributed by atoms with Crippen LogP contribution in [0.1, 0.15) is 18.9 Å². The monoisotopic (exact) mass is 243 g/mol. The van der Waals surface area contributed by atoms with Gasteiger partial charge in [-0.05, 0) is 29.3 Å². The van der Waals surface area contributed by atoms with Gasteiger partial charge in [0.15, 0.2) is 0 Å². The summed E-state index contributed by atoms with van der Waals surface area (Å²) in [4.78, 5) is 10.6. The smallest absolute Gasteiger partial charge is 0.304 e. The summed E-state index contributed by atoms with van der Waals surface area (Å²) >= 11 is 0. The molecule has 0 radical (unpaired) electrons. The van der Waals surface area contributed by atoms with Crippen LogP contribution in [0, 0.1) is 0 Å². The third-order valence-electron chi connectivity index (χ3n) is 2.95. The summed E-state index contributed by atoms with van der Waals surface area (Å²) in [6.45, 7) is 2.58. The molecular weight excluding hydrogens is 226 g/mol. The maximum atomic E-state index is 10.6. The molecule has 94 valence electrons.